The Morgan fingerprint density at radius 2 is 1.68 bits per heavy atom. The van der Waals surface area contributed by atoms with Gasteiger partial charge in [-0.2, -0.15) is 0 Å². The second kappa shape index (κ2) is 8.23. The van der Waals surface area contributed by atoms with Gasteiger partial charge in [0.1, 0.15) is 5.75 Å². The summed E-state index contributed by atoms with van der Waals surface area (Å²) in [6, 6.07) is 14.0. The van der Waals surface area contributed by atoms with Crippen LogP contribution in [0, 0.1) is 0 Å². The van der Waals surface area contributed by atoms with Crippen LogP contribution in [0.15, 0.2) is 48.5 Å². The van der Waals surface area contributed by atoms with Gasteiger partial charge in [0.25, 0.3) is 0 Å². The number of halogens is 1. The molecule has 2 heterocycles. The van der Waals surface area contributed by atoms with Crippen LogP contribution in [0.1, 0.15) is 18.4 Å². The minimum Gasteiger partial charge on any atom is -0.506 e. The first-order valence-electron chi connectivity index (χ1n) is 10.2. The molecular formula is C23H24ClN3O4. The Bertz CT molecular complexity index is 1030. The molecule has 2 aromatic rings. The highest BCUT2D eigenvalue weighted by Gasteiger charge is 2.53. The number of anilines is 1. The van der Waals surface area contributed by atoms with Gasteiger partial charge >= 0.3 is 0 Å². The number of likely N-dealkylation sites (N-methyl/N-ethyl adjacent to an activating group) is 1. The van der Waals surface area contributed by atoms with E-state index in [1.54, 1.807) is 41.3 Å². The second-order valence-electron chi connectivity index (χ2n) is 8.03. The van der Waals surface area contributed by atoms with E-state index >= 15 is 0 Å². The van der Waals surface area contributed by atoms with E-state index in [9.17, 15) is 19.5 Å². The topological polar surface area (TPSA) is 81.2 Å². The van der Waals surface area contributed by atoms with Crippen LogP contribution in [-0.4, -0.2) is 65.9 Å². The summed E-state index contributed by atoms with van der Waals surface area (Å²) in [4.78, 5) is 43.6. The molecular weight excluding hydrogens is 418 g/mol. The molecule has 0 spiro atoms. The second-order valence-corrected chi connectivity index (χ2v) is 8.44. The van der Waals surface area contributed by atoms with Crippen molar-refractivity contribution in [3.63, 3.8) is 0 Å². The standard InChI is InChI=1S/C23H24ClN3O4/c1-25-20(29)14-23(22(25)31,16-6-2-3-7-17(16)24)15-21(30)27-12-10-26(11-13-27)18-8-4-5-9-19(18)28/h2-9,28H,10-15H2,1H3. The van der Waals surface area contributed by atoms with Crippen molar-refractivity contribution >= 4 is 35.0 Å². The number of likely N-dealkylation sites (tertiary alicyclic amines) is 1. The molecule has 0 radical (unpaired) electrons. The van der Waals surface area contributed by atoms with E-state index < -0.39 is 11.3 Å². The summed E-state index contributed by atoms with van der Waals surface area (Å²) < 4.78 is 0. The number of hydrogen-bond donors (Lipinski definition) is 1. The van der Waals surface area contributed by atoms with Gasteiger partial charge in [-0.3, -0.25) is 19.3 Å². The Morgan fingerprint density at radius 1 is 1.03 bits per heavy atom. The first-order chi connectivity index (χ1) is 14.8. The third-order valence-electron chi connectivity index (χ3n) is 6.24. The fourth-order valence-corrected chi connectivity index (χ4v) is 4.79. The Hall–Kier alpha value is -3.06. The number of aromatic hydroxyl groups is 1. The molecule has 0 bridgehead atoms. The van der Waals surface area contributed by atoms with Gasteiger partial charge in [0.2, 0.25) is 17.7 Å². The van der Waals surface area contributed by atoms with Crippen LogP contribution in [0.4, 0.5) is 5.69 Å². The lowest BCUT2D eigenvalue weighted by molar-refractivity contribution is -0.141. The number of hydrogen-bond acceptors (Lipinski definition) is 5. The third kappa shape index (κ3) is 3.74. The first kappa shape index (κ1) is 21.2. The zero-order valence-electron chi connectivity index (χ0n) is 17.3. The number of benzene rings is 2. The fraction of sp³-hybridized carbons (Fsp3) is 0.348. The summed E-state index contributed by atoms with van der Waals surface area (Å²) >= 11 is 6.39. The minimum absolute atomic E-state index is 0.0738. The van der Waals surface area contributed by atoms with Crippen molar-refractivity contribution in [2.45, 2.75) is 18.3 Å². The smallest absolute Gasteiger partial charge is 0.240 e. The number of amides is 3. The molecule has 0 aliphatic carbocycles. The highest BCUT2D eigenvalue weighted by molar-refractivity contribution is 6.32. The average molecular weight is 442 g/mol. The molecule has 1 atom stereocenters. The number of rotatable bonds is 4. The quantitative estimate of drug-likeness (QED) is 0.737. The van der Waals surface area contributed by atoms with E-state index in [0.717, 1.165) is 10.6 Å². The SMILES string of the molecule is CN1C(=O)CC(CC(=O)N2CCN(c3ccccc3O)CC2)(c2ccccc2Cl)C1=O. The molecule has 2 saturated heterocycles. The van der Waals surface area contributed by atoms with Crippen LogP contribution >= 0.6 is 11.6 Å². The highest BCUT2D eigenvalue weighted by atomic mass is 35.5. The summed E-state index contributed by atoms with van der Waals surface area (Å²) in [7, 11) is 1.44. The van der Waals surface area contributed by atoms with Gasteiger partial charge in [-0.05, 0) is 23.8 Å². The number of carbonyl (C=O) groups excluding carboxylic acids is 3. The number of phenols is 1. The molecule has 2 fully saturated rings. The number of phenolic OH excluding ortho intramolecular Hbond substituents is 1. The predicted octanol–water partition coefficient (Wildman–Crippen LogP) is 2.41. The van der Waals surface area contributed by atoms with E-state index in [4.69, 9.17) is 11.6 Å². The van der Waals surface area contributed by atoms with E-state index in [0.29, 0.717) is 36.8 Å². The molecule has 1 unspecified atom stereocenters. The number of para-hydroxylation sites is 2. The number of piperazine rings is 1. The van der Waals surface area contributed by atoms with Crippen molar-refractivity contribution in [3.8, 4) is 5.75 Å². The lowest BCUT2D eigenvalue weighted by Gasteiger charge is -2.38. The van der Waals surface area contributed by atoms with E-state index in [2.05, 4.69) is 0 Å². The van der Waals surface area contributed by atoms with Gasteiger partial charge in [0.15, 0.2) is 0 Å². The first-order valence-corrected chi connectivity index (χ1v) is 10.6. The molecule has 7 nitrogen and oxygen atoms in total. The van der Waals surface area contributed by atoms with Crippen LogP contribution in [0.5, 0.6) is 5.75 Å². The molecule has 4 rings (SSSR count). The normalized spacial score (nSPS) is 21.7. The van der Waals surface area contributed by atoms with Gasteiger partial charge in [0.05, 0.1) is 11.1 Å². The summed E-state index contributed by atoms with van der Waals surface area (Å²) in [5.41, 5.74) is -0.0308. The Morgan fingerprint density at radius 3 is 2.29 bits per heavy atom. The number of imide groups is 1. The highest BCUT2D eigenvalue weighted by Crippen LogP contribution is 2.42. The van der Waals surface area contributed by atoms with Crippen LogP contribution in [0.2, 0.25) is 5.02 Å². The summed E-state index contributed by atoms with van der Waals surface area (Å²) in [5, 5.41) is 10.5. The zero-order chi connectivity index (χ0) is 22.2. The zero-order valence-corrected chi connectivity index (χ0v) is 18.0. The maximum absolute atomic E-state index is 13.2. The van der Waals surface area contributed by atoms with Crippen LogP contribution in [-0.2, 0) is 19.8 Å². The lowest BCUT2D eigenvalue weighted by Crippen LogP contribution is -2.51. The Kier molecular flexibility index (Phi) is 5.62. The van der Waals surface area contributed by atoms with Crippen molar-refractivity contribution in [1.29, 1.82) is 0 Å². The molecule has 1 N–H and O–H groups in total. The van der Waals surface area contributed by atoms with Gasteiger partial charge in [-0.25, -0.2) is 0 Å². The number of carbonyl (C=O) groups is 3. The molecule has 31 heavy (non-hydrogen) atoms. The largest absolute Gasteiger partial charge is 0.506 e. The van der Waals surface area contributed by atoms with Crippen LogP contribution < -0.4 is 4.90 Å². The summed E-state index contributed by atoms with van der Waals surface area (Å²) in [6.45, 7) is 2.05. The van der Waals surface area contributed by atoms with Gasteiger partial charge in [-0.15, -0.1) is 0 Å². The lowest BCUT2D eigenvalue weighted by atomic mass is 9.75. The van der Waals surface area contributed by atoms with Crippen molar-refractivity contribution in [2.24, 2.45) is 0 Å². The van der Waals surface area contributed by atoms with Crippen LogP contribution in [0.25, 0.3) is 0 Å². The molecule has 0 aromatic heterocycles. The van der Waals surface area contributed by atoms with Gasteiger partial charge in [-0.1, -0.05) is 41.9 Å². The van der Waals surface area contributed by atoms with Crippen molar-refractivity contribution < 1.29 is 19.5 Å². The van der Waals surface area contributed by atoms with E-state index in [1.807, 2.05) is 17.0 Å². The van der Waals surface area contributed by atoms with E-state index in [1.165, 1.54) is 7.05 Å². The van der Waals surface area contributed by atoms with Gasteiger partial charge in [0, 0.05) is 51.1 Å². The average Bonchev–Trinajstić information content (AvgIpc) is 2.98. The Balaban J connectivity index is 1.53. The third-order valence-corrected chi connectivity index (χ3v) is 6.57. The van der Waals surface area contributed by atoms with E-state index in [-0.39, 0.29) is 30.4 Å². The van der Waals surface area contributed by atoms with Crippen molar-refractivity contribution in [3.05, 3.63) is 59.1 Å². The van der Waals surface area contributed by atoms with Crippen molar-refractivity contribution in [2.75, 3.05) is 38.1 Å². The van der Waals surface area contributed by atoms with Crippen molar-refractivity contribution in [1.82, 2.24) is 9.80 Å². The molecule has 0 saturated carbocycles. The number of nitrogens with zero attached hydrogens (tertiary/aromatic N) is 3. The maximum Gasteiger partial charge on any atom is 0.240 e. The Labute approximate surface area is 185 Å². The molecule has 8 heteroatoms. The molecule has 2 aliphatic heterocycles. The predicted molar refractivity (Wildman–Crippen MR) is 117 cm³/mol. The summed E-state index contributed by atoms with van der Waals surface area (Å²) in [5.74, 6) is -0.694. The maximum atomic E-state index is 13.2. The van der Waals surface area contributed by atoms with Crippen LogP contribution in [0.3, 0.4) is 0 Å². The van der Waals surface area contributed by atoms with Gasteiger partial charge < -0.3 is 14.9 Å². The molecule has 3 amide bonds. The monoisotopic (exact) mass is 441 g/mol. The molecule has 2 aliphatic rings. The minimum atomic E-state index is -1.28. The molecule has 162 valence electrons. The fourth-order valence-electron chi connectivity index (χ4n) is 4.48. The summed E-state index contributed by atoms with van der Waals surface area (Å²) in [6.07, 6.45) is -0.183. The molecule has 2 aromatic carbocycles.